The molecule has 0 radical (unpaired) electrons. The Kier molecular flexibility index (Phi) is 5.11. The molecule has 0 saturated carbocycles. The van der Waals surface area contributed by atoms with E-state index in [9.17, 15) is 4.79 Å². The number of nitrogens with zero attached hydrogens (tertiary/aromatic N) is 1. The predicted octanol–water partition coefficient (Wildman–Crippen LogP) is 4.69. The molecule has 0 aliphatic carbocycles. The molecule has 0 bridgehead atoms. The van der Waals surface area contributed by atoms with Gasteiger partial charge in [0.25, 0.3) is 0 Å². The summed E-state index contributed by atoms with van der Waals surface area (Å²) in [6.45, 7) is 6.91. The third-order valence-electron chi connectivity index (χ3n) is 4.61. The molecule has 1 aromatic carbocycles. The number of hydrogen-bond donors (Lipinski definition) is 0. The second kappa shape index (κ2) is 6.46. The second-order valence-electron chi connectivity index (χ2n) is 5.72. The Bertz CT molecular complexity index is 497. The van der Waals surface area contributed by atoms with Crippen molar-refractivity contribution in [2.45, 2.75) is 33.1 Å². The van der Waals surface area contributed by atoms with Crippen LogP contribution in [-0.2, 0) is 0 Å². The van der Waals surface area contributed by atoms with E-state index < -0.39 is 0 Å². The number of Topliss-reactive ketones (excluding diaryl/α,β-unsaturated/α-hetero) is 1. The van der Waals surface area contributed by atoms with Gasteiger partial charge < -0.3 is 0 Å². The van der Waals surface area contributed by atoms with Gasteiger partial charge in [0.1, 0.15) is 0 Å². The molecule has 2 nitrogen and oxygen atoms in total. The number of carbonyl (C=O) groups excluding carboxylic acids is 1. The maximum atomic E-state index is 12.4. The molecule has 1 fully saturated rings. The smallest absolute Gasteiger partial charge is 0.178 e. The lowest BCUT2D eigenvalue weighted by atomic mass is 9.82. The summed E-state index contributed by atoms with van der Waals surface area (Å²) >= 11 is 12.0. The second-order valence-corrected chi connectivity index (χ2v) is 6.56. The van der Waals surface area contributed by atoms with Crippen molar-refractivity contribution >= 4 is 29.0 Å². The lowest BCUT2D eigenvalue weighted by Crippen LogP contribution is -2.31. The van der Waals surface area contributed by atoms with Gasteiger partial charge in [0.05, 0.1) is 11.6 Å². The van der Waals surface area contributed by atoms with E-state index in [2.05, 4.69) is 18.7 Å². The highest BCUT2D eigenvalue weighted by Gasteiger charge is 2.35. The zero-order valence-electron chi connectivity index (χ0n) is 12.1. The van der Waals surface area contributed by atoms with E-state index in [1.54, 1.807) is 18.2 Å². The molecule has 110 valence electrons. The number of rotatable bonds is 5. The van der Waals surface area contributed by atoms with E-state index in [1.165, 1.54) is 19.3 Å². The first kappa shape index (κ1) is 15.8. The molecule has 1 saturated heterocycles. The minimum absolute atomic E-state index is 0.0560. The first-order chi connectivity index (χ1) is 9.49. The van der Waals surface area contributed by atoms with Gasteiger partial charge in [-0.25, -0.2) is 0 Å². The molecule has 1 aliphatic heterocycles. The Morgan fingerprint density at radius 1 is 1.30 bits per heavy atom. The summed E-state index contributed by atoms with van der Waals surface area (Å²) < 4.78 is 0. The van der Waals surface area contributed by atoms with Crippen LogP contribution in [0.3, 0.4) is 0 Å². The lowest BCUT2D eigenvalue weighted by molar-refractivity contribution is 0.0936. The van der Waals surface area contributed by atoms with Crippen molar-refractivity contribution in [2.24, 2.45) is 5.41 Å². The molecule has 0 spiro atoms. The van der Waals surface area contributed by atoms with Gasteiger partial charge in [0.15, 0.2) is 5.78 Å². The van der Waals surface area contributed by atoms with Crippen molar-refractivity contribution < 1.29 is 4.79 Å². The van der Waals surface area contributed by atoms with Gasteiger partial charge in [-0.3, -0.25) is 9.69 Å². The Hall–Kier alpha value is -0.570. The average Bonchev–Trinajstić information content (AvgIpc) is 2.85. The van der Waals surface area contributed by atoms with Crippen LogP contribution in [0.5, 0.6) is 0 Å². The van der Waals surface area contributed by atoms with Gasteiger partial charge in [0, 0.05) is 17.1 Å². The minimum atomic E-state index is 0.0560. The molecule has 0 N–H and O–H groups in total. The quantitative estimate of drug-likeness (QED) is 0.735. The fourth-order valence-electron chi connectivity index (χ4n) is 2.99. The van der Waals surface area contributed by atoms with Crippen LogP contribution in [0.4, 0.5) is 0 Å². The third kappa shape index (κ3) is 3.36. The van der Waals surface area contributed by atoms with E-state index in [-0.39, 0.29) is 5.78 Å². The van der Waals surface area contributed by atoms with Crippen molar-refractivity contribution in [1.29, 1.82) is 0 Å². The number of likely N-dealkylation sites (tertiary alicyclic amines) is 1. The molecule has 0 aromatic heterocycles. The fourth-order valence-corrected chi connectivity index (χ4v) is 3.38. The van der Waals surface area contributed by atoms with Crippen molar-refractivity contribution in [1.82, 2.24) is 4.90 Å². The standard InChI is InChI=1S/C16H21Cl2NO/c1-3-16(4-2)7-8-19(11-16)10-15(20)13-9-12(17)5-6-14(13)18/h5-6,9H,3-4,7-8,10-11H2,1-2H3. The maximum Gasteiger partial charge on any atom is 0.178 e. The highest BCUT2D eigenvalue weighted by molar-refractivity contribution is 6.36. The highest BCUT2D eigenvalue weighted by Crippen LogP contribution is 2.37. The molecule has 1 aliphatic rings. The molecule has 0 unspecified atom stereocenters. The number of carbonyl (C=O) groups is 1. The van der Waals surface area contributed by atoms with Crippen LogP contribution in [-0.4, -0.2) is 30.3 Å². The maximum absolute atomic E-state index is 12.4. The summed E-state index contributed by atoms with van der Waals surface area (Å²) in [6, 6.07) is 5.05. The molecule has 1 heterocycles. The predicted molar refractivity (Wildman–Crippen MR) is 84.9 cm³/mol. The average molecular weight is 314 g/mol. The fraction of sp³-hybridized carbons (Fsp3) is 0.562. The topological polar surface area (TPSA) is 20.3 Å². The van der Waals surface area contributed by atoms with E-state index in [0.717, 1.165) is 13.1 Å². The molecule has 0 amide bonds. The Labute approximate surface area is 131 Å². The Balaban J connectivity index is 2.04. The van der Waals surface area contributed by atoms with Crippen LogP contribution in [0.2, 0.25) is 10.0 Å². The molecule has 1 aromatic rings. The normalized spacial score (nSPS) is 18.4. The van der Waals surface area contributed by atoms with Crippen LogP contribution in [0.25, 0.3) is 0 Å². The summed E-state index contributed by atoms with van der Waals surface area (Å²) in [5, 5.41) is 1.03. The van der Waals surface area contributed by atoms with Gasteiger partial charge in [-0.05, 0) is 49.4 Å². The molecule has 0 atom stereocenters. The van der Waals surface area contributed by atoms with Crippen LogP contribution < -0.4 is 0 Å². The zero-order valence-corrected chi connectivity index (χ0v) is 13.6. The van der Waals surface area contributed by atoms with Crippen LogP contribution in [0.1, 0.15) is 43.5 Å². The zero-order chi connectivity index (χ0) is 14.8. The number of benzene rings is 1. The van der Waals surface area contributed by atoms with Crippen LogP contribution >= 0.6 is 23.2 Å². The van der Waals surface area contributed by atoms with E-state index in [0.29, 0.717) is 27.6 Å². The van der Waals surface area contributed by atoms with Crippen molar-refractivity contribution in [3.63, 3.8) is 0 Å². The number of ketones is 1. The summed E-state index contributed by atoms with van der Waals surface area (Å²) in [5.74, 6) is 0.0560. The van der Waals surface area contributed by atoms with Gasteiger partial charge in [-0.2, -0.15) is 0 Å². The summed E-state index contributed by atoms with van der Waals surface area (Å²) in [7, 11) is 0. The van der Waals surface area contributed by atoms with Crippen molar-refractivity contribution in [3.8, 4) is 0 Å². The van der Waals surface area contributed by atoms with E-state index in [1.807, 2.05) is 0 Å². The summed E-state index contributed by atoms with van der Waals surface area (Å²) in [6.07, 6.45) is 3.52. The Morgan fingerprint density at radius 2 is 2.00 bits per heavy atom. The van der Waals surface area contributed by atoms with E-state index in [4.69, 9.17) is 23.2 Å². The SMILES string of the molecule is CCC1(CC)CCN(CC(=O)c2cc(Cl)ccc2Cl)C1. The van der Waals surface area contributed by atoms with Crippen LogP contribution in [0, 0.1) is 5.41 Å². The first-order valence-electron chi connectivity index (χ1n) is 7.20. The van der Waals surface area contributed by atoms with Gasteiger partial charge in [-0.1, -0.05) is 37.0 Å². The molecular formula is C16H21Cl2NO. The summed E-state index contributed by atoms with van der Waals surface area (Å²) in [4.78, 5) is 14.6. The van der Waals surface area contributed by atoms with Gasteiger partial charge in [0.2, 0.25) is 0 Å². The molecule has 4 heteroatoms. The third-order valence-corrected chi connectivity index (χ3v) is 5.18. The van der Waals surface area contributed by atoms with Crippen molar-refractivity contribution in [3.05, 3.63) is 33.8 Å². The molecular weight excluding hydrogens is 293 g/mol. The molecule has 20 heavy (non-hydrogen) atoms. The number of hydrogen-bond acceptors (Lipinski definition) is 2. The highest BCUT2D eigenvalue weighted by atomic mass is 35.5. The largest absolute Gasteiger partial charge is 0.295 e. The van der Waals surface area contributed by atoms with Gasteiger partial charge in [-0.15, -0.1) is 0 Å². The summed E-state index contributed by atoms with van der Waals surface area (Å²) in [5.41, 5.74) is 0.919. The van der Waals surface area contributed by atoms with Gasteiger partial charge >= 0.3 is 0 Å². The lowest BCUT2D eigenvalue weighted by Gasteiger charge is -2.26. The van der Waals surface area contributed by atoms with E-state index >= 15 is 0 Å². The monoisotopic (exact) mass is 313 g/mol. The van der Waals surface area contributed by atoms with Crippen molar-refractivity contribution in [2.75, 3.05) is 19.6 Å². The first-order valence-corrected chi connectivity index (χ1v) is 7.96. The van der Waals surface area contributed by atoms with Crippen LogP contribution in [0.15, 0.2) is 18.2 Å². The Morgan fingerprint density at radius 3 is 2.60 bits per heavy atom. The molecule has 2 rings (SSSR count). The number of halogens is 2. The minimum Gasteiger partial charge on any atom is -0.295 e.